The monoisotopic (exact) mass is 421 g/mol. The van der Waals surface area contributed by atoms with Crippen molar-refractivity contribution in [2.24, 2.45) is 0 Å². The Hall–Kier alpha value is -2.83. The summed E-state index contributed by atoms with van der Waals surface area (Å²) in [4.78, 5) is 21.4. The van der Waals surface area contributed by atoms with Gasteiger partial charge in [-0.1, -0.05) is 24.3 Å². The number of carbonyl (C=O) groups is 1. The highest BCUT2D eigenvalue weighted by atomic mass is 16.5. The Bertz CT molecular complexity index is 1070. The predicted octanol–water partition coefficient (Wildman–Crippen LogP) is 3.88. The number of benzene rings is 2. The van der Waals surface area contributed by atoms with Crippen LogP contribution in [0.15, 0.2) is 42.5 Å². The van der Waals surface area contributed by atoms with Gasteiger partial charge in [0.25, 0.3) is 0 Å². The Kier molecular flexibility index (Phi) is 6.30. The molecule has 1 aromatic heterocycles. The molecule has 1 aliphatic rings. The van der Waals surface area contributed by atoms with Crippen molar-refractivity contribution in [3.05, 3.63) is 59.3 Å². The van der Waals surface area contributed by atoms with Crippen LogP contribution in [-0.4, -0.2) is 67.0 Å². The van der Waals surface area contributed by atoms with E-state index in [1.165, 1.54) is 5.56 Å². The van der Waals surface area contributed by atoms with Gasteiger partial charge in [-0.25, -0.2) is 0 Å². The van der Waals surface area contributed by atoms with Gasteiger partial charge in [-0.05, 0) is 37.6 Å². The fraction of sp³-hybridized carbons (Fsp3) is 0.400. The number of piperazine rings is 1. The molecule has 6 nitrogen and oxygen atoms in total. The maximum atomic E-state index is 13.3. The number of Topliss-reactive ketones (excluding diaryl/α,β-unsaturated/α-hetero) is 1. The molecule has 2 aromatic carbocycles. The van der Waals surface area contributed by atoms with Crippen molar-refractivity contribution in [3.63, 3.8) is 0 Å². The van der Waals surface area contributed by atoms with E-state index in [9.17, 15) is 4.79 Å². The molecule has 0 unspecified atom stereocenters. The number of para-hydroxylation sites is 1. The predicted molar refractivity (Wildman–Crippen MR) is 123 cm³/mol. The summed E-state index contributed by atoms with van der Waals surface area (Å²) in [7, 11) is 3.31. The number of nitrogens with zero attached hydrogens (tertiary/aromatic N) is 2. The highest BCUT2D eigenvalue weighted by Gasteiger charge is 2.28. The summed E-state index contributed by atoms with van der Waals surface area (Å²) < 4.78 is 10.8. The smallest absolute Gasteiger partial charge is 0.182 e. The van der Waals surface area contributed by atoms with Crippen LogP contribution in [0.3, 0.4) is 0 Å². The zero-order valence-electron chi connectivity index (χ0n) is 18.8. The maximum absolute atomic E-state index is 13.3. The summed E-state index contributed by atoms with van der Waals surface area (Å²) in [5.74, 6) is 1.70. The third-order valence-corrected chi connectivity index (χ3v) is 6.33. The van der Waals surface area contributed by atoms with Gasteiger partial charge in [-0.3, -0.25) is 14.6 Å². The summed E-state index contributed by atoms with van der Waals surface area (Å²) in [6.45, 7) is 8.49. The topological polar surface area (TPSA) is 57.8 Å². The molecular weight excluding hydrogens is 390 g/mol. The molecule has 1 N–H and O–H groups in total. The second-order valence-corrected chi connectivity index (χ2v) is 8.21. The van der Waals surface area contributed by atoms with Crippen LogP contribution >= 0.6 is 0 Å². The van der Waals surface area contributed by atoms with Gasteiger partial charge in [-0.2, -0.15) is 0 Å². The van der Waals surface area contributed by atoms with Gasteiger partial charge in [-0.15, -0.1) is 0 Å². The Morgan fingerprint density at radius 2 is 1.74 bits per heavy atom. The van der Waals surface area contributed by atoms with Gasteiger partial charge in [0.15, 0.2) is 17.3 Å². The number of rotatable bonds is 7. The van der Waals surface area contributed by atoms with Crippen molar-refractivity contribution < 1.29 is 14.3 Å². The first-order chi connectivity index (χ1) is 15.0. The van der Waals surface area contributed by atoms with E-state index in [1.807, 2.05) is 50.2 Å². The zero-order chi connectivity index (χ0) is 22.0. The molecule has 0 radical (unpaired) electrons. The Balaban J connectivity index is 1.39. The van der Waals surface area contributed by atoms with Gasteiger partial charge in [0.2, 0.25) is 0 Å². The molecule has 1 aliphatic heterocycles. The molecule has 31 heavy (non-hydrogen) atoms. The fourth-order valence-electron chi connectivity index (χ4n) is 4.51. The van der Waals surface area contributed by atoms with E-state index in [2.05, 4.69) is 20.9 Å². The van der Waals surface area contributed by atoms with E-state index in [0.29, 0.717) is 0 Å². The third kappa shape index (κ3) is 4.31. The van der Waals surface area contributed by atoms with E-state index >= 15 is 0 Å². The number of aryl methyl sites for hydroxylation is 1. The molecule has 0 amide bonds. The van der Waals surface area contributed by atoms with E-state index in [-0.39, 0.29) is 11.8 Å². The zero-order valence-corrected chi connectivity index (χ0v) is 18.8. The number of methoxy groups -OCH3 is 2. The molecule has 1 fully saturated rings. The van der Waals surface area contributed by atoms with E-state index < -0.39 is 0 Å². The van der Waals surface area contributed by atoms with Gasteiger partial charge in [0.1, 0.15) is 0 Å². The highest BCUT2D eigenvalue weighted by molar-refractivity contribution is 6.11. The average molecular weight is 422 g/mol. The van der Waals surface area contributed by atoms with Crippen LogP contribution in [0, 0.1) is 6.92 Å². The lowest BCUT2D eigenvalue weighted by Crippen LogP contribution is -2.51. The van der Waals surface area contributed by atoms with Gasteiger partial charge >= 0.3 is 0 Å². The molecule has 4 rings (SSSR count). The minimum absolute atomic E-state index is 0.138. The summed E-state index contributed by atoms with van der Waals surface area (Å²) in [5.41, 5.74) is 4.00. The lowest BCUT2D eigenvalue weighted by molar-refractivity contribution is 0.0688. The molecular formula is C25H31N3O3. The van der Waals surface area contributed by atoms with Crippen LogP contribution in [-0.2, 0) is 6.54 Å². The second kappa shape index (κ2) is 9.12. The number of hydrogen-bond acceptors (Lipinski definition) is 5. The number of aromatic amines is 1. The van der Waals surface area contributed by atoms with Gasteiger partial charge in [0, 0.05) is 54.9 Å². The van der Waals surface area contributed by atoms with Gasteiger partial charge in [0.05, 0.1) is 20.3 Å². The molecule has 0 bridgehead atoms. The van der Waals surface area contributed by atoms with Crippen LogP contribution in [0.2, 0.25) is 0 Å². The highest BCUT2D eigenvalue weighted by Crippen LogP contribution is 2.28. The first kappa shape index (κ1) is 21.4. The van der Waals surface area contributed by atoms with Crippen molar-refractivity contribution >= 4 is 16.7 Å². The normalized spacial score (nSPS) is 16.4. The number of aromatic nitrogens is 1. The van der Waals surface area contributed by atoms with Crippen LogP contribution in [0.25, 0.3) is 10.9 Å². The van der Waals surface area contributed by atoms with Crippen LogP contribution in [0.1, 0.15) is 28.5 Å². The Morgan fingerprint density at radius 1 is 1.03 bits per heavy atom. The molecule has 0 aliphatic carbocycles. The first-order valence-corrected chi connectivity index (χ1v) is 10.8. The van der Waals surface area contributed by atoms with Crippen molar-refractivity contribution in [3.8, 4) is 11.5 Å². The summed E-state index contributed by atoms with van der Waals surface area (Å²) >= 11 is 0. The molecule has 0 spiro atoms. The number of H-pyrrole nitrogens is 1. The van der Waals surface area contributed by atoms with Crippen molar-refractivity contribution in [1.82, 2.24) is 14.8 Å². The largest absolute Gasteiger partial charge is 0.493 e. The molecule has 1 atom stereocenters. The molecule has 6 heteroatoms. The number of hydrogen-bond donors (Lipinski definition) is 1. The minimum Gasteiger partial charge on any atom is -0.493 e. The Labute approximate surface area is 183 Å². The number of nitrogens with one attached hydrogen (secondary N) is 1. The number of ether oxygens (including phenoxy) is 2. The number of fused-ring (bicyclic) bond motifs is 1. The average Bonchev–Trinajstić information content (AvgIpc) is 3.14. The third-order valence-electron chi connectivity index (χ3n) is 6.33. The van der Waals surface area contributed by atoms with E-state index in [4.69, 9.17) is 9.47 Å². The van der Waals surface area contributed by atoms with Crippen molar-refractivity contribution in [2.45, 2.75) is 26.4 Å². The summed E-state index contributed by atoms with van der Waals surface area (Å²) in [6, 6.07) is 14.0. The summed E-state index contributed by atoms with van der Waals surface area (Å²) in [5, 5.41) is 1.02. The van der Waals surface area contributed by atoms with Crippen LogP contribution < -0.4 is 9.47 Å². The maximum Gasteiger partial charge on any atom is 0.182 e. The Morgan fingerprint density at radius 3 is 2.45 bits per heavy atom. The second-order valence-electron chi connectivity index (χ2n) is 8.21. The van der Waals surface area contributed by atoms with Crippen molar-refractivity contribution in [2.75, 3.05) is 40.4 Å². The van der Waals surface area contributed by atoms with Crippen LogP contribution in [0.4, 0.5) is 0 Å². The number of carbonyl (C=O) groups excluding carboxylic acids is 1. The van der Waals surface area contributed by atoms with Crippen LogP contribution in [0.5, 0.6) is 11.5 Å². The standard InChI is InChI=1S/C25H31N3O3/c1-17-24(20-7-5-6-8-21(20)26-17)25(29)18(2)28-13-11-27(12-14-28)16-19-9-10-22(30-3)23(15-19)31-4/h5-10,15,18,26H,11-14,16H2,1-4H3/t18-/m0/s1. The van der Waals surface area contributed by atoms with E-state index in [0.717, 1.165) is 66.4 Å². The lowest BCUT2D eigenvalue weighted by Gasteiger charge is -2.37. The molecule has 2 heterocycles. The first-order valence-electron chi connectivity index (χ1n) is 10.8. The molecule has 1 saturated heterocycles. The fourth-order valence-corrected chi connectivity index (χ4v) is 4.51. The SMILES string of the molecule is COc1ccc(CN2CCN([C@@H](C)C(=O)c3c(C)[nH]c4ccccc34)CC2)cc1OC. The van der Waals surface area contributed by atoms with Gasteiger partial charge < -0.3 is 14.5 Å². The number of ketones is 1. The molecule has 3 aromatic rings. The lowest BCUT2D eigenvalue weighted by atomic mass is 10.0. The summed E-state index contributed by atoms with van der Waals surface area (Å²) in [6.07, 6.45) is 0. The van der Waals surface area contributed by atoms with E-state index in [1.54, 1.807) is 14.2 Å². The molecule has 0 saturated carbocycles. The minimum atomic E-state index is -0.138. The molecule has 164 valence electrons. The quantitative estimate of drug-likeness (QED) is 0.587. The van der Waals surface area contributed by atoms with Crippen molar-refractivity contribution in [1.29, 1.82) is 0 Å².